The second-order valence-electron chi connectivity index (χ2n) is 7.02. The maximum Gasteiger partial charge on any atom is 0.573 e. The molecule has 37 heavy (non-hydrogen) atoms. The molecular formula is C21H12F7N3O6. The minimum Gasteiger partial charge on any atom is -0.618 e. The molecule has 0 radical (unpaired) electrons. The van der Waals surface area contributed by atoms with Crippen LogP contribution in [0.1, 0.15) is 26.4 Å². The molecule has 9 nitrogen and oxygen atoms in total. The summed E-state index contributed by atoms with van der Waals surface area (Å²) >= 11 is 0. The van der Waals surface area contributed by atoms with Gasteiger partial charge in [0.25, 0.3) is 11.6 Å². The number of alkyl halides is 6. The molecule has 0 spiro atoms. The Hall–Kier alpha value is -4.76. The minimum absolute atomic E-state index is 0.0341. The zero-order chi connectivity index (χ0) is 27.7. The number of benzene rings is 2. The SMILES string of the molecule is NC(=O)c1cc(NC(=O)c2c(Oc3ccc(OC(F)(F)F)cc3O)ccc(C(F)(F)F)c2F)cc[n+]1[O-]. The third-order valence-electron chi connectivity index (χ3n) is 4.45. The number of nitrogens with zero attached hydrogens (tertiary/aromatic N) is 1. The molecular weight excluding hydrogens is 523 g/mol. The lowest BCUT2D eigenvalue weighted by molar-refractivity contribution is -0.607. The quantitative estimate of drug-likeness (QED) is 0.246. The van der Waals surface area contributed by atoms with Crippen molar-refractivity contribution in [2.75, 3.05) is 5.32 Å². The number of amides is 2. The molecule has 0 unspecified atom stereocenters. The number of nitrogens with two attached hydrogens (primary N) is 1. The Morgan fingerprint density at radius 2 is 1.65 bits per heavy atom. The Labute approximate surface area is 201 Å². The molecule has 2 amide bonds. The fourth-order valence-electron chi connectivity index (χ4n) is 2.91. The summed E-state index contributed by atoms with van der Waals surface area (Å²) in [5.74, 6) is -8.29. The molecule has 0 atom stereocenters. The molecule has 1 heterocycles. The summed E-state index contributed by atoms with van der Waals surface area (Å²) in [6.07, 6.45) is -9.62. The molecule has 0 saturated heterocycles. The lowest BCUT2D eigenvalue weighted by Crippen LogP contribution is -2.37. The van der Waals surface area contributed by atoms with Gasteiger partial charge in [0.15, 0.2) is 23.5 Å². The molecule has 2 aromatic carbocycles. The first-order valence-corrected chi connectivity index (χ1v) is 9.57. The Morgan fingerprint density at radius 1 is 1.00 bits per heavy atom. The molecule has 3 aromatic rings. The van der Waals surface area contributed by atoms with Crippen LogP contribution in [0.5, 0.6) is 23.0 Å². The van der Waals surface area contributed by atoms with Crippen molar-refractivity contribution in [3.8, 4) is 23.0 Å². The second-order valence-corrected chi connectivity index (χ2v) is 7.02. The van der Waals surface area contributed by atoms with Crippen LogP contribution < -0.4 is 25.3 Å². The van der Waals surface area contributed by atoms with E-state index in [0.29, 0.717) is 18.2 Å². The highest BCUT2D eigenvalue weighted by Crippen LogP contribution is 2.40. The normalized spacial score (nSPS) is 11.6. The number of hydrogen-bond acceptors (Lipinski definition) is 6. The first-order valence-electron chi connectivity index (χ1n) is 9.57. The van der Waals surface area contributed by atoms with Gasteiger partial charge < -0.3 is 30.8 Å². The average molecular weight is 535 g/mol. The molecule has 0 bridgehead atoms. The second kappa shape index (κ2) is 9.71. The summed E-state index contributed by atoms with van der Waals surface area (Å²) in [5, 5.41) is 23.5. The highest BCUT2D eigenvalue weighted by Gasteiger charge is 2.38. The number of ether oxygens (including phenoxy) is 2. The van der Waals surface area contributed by atoms with Gasteiger partial charge in [-0.15, -0.1) is 13.2 Å². The molecule has 0 aliphatic carbocycles. The number of halogens is 7. The molecule has 16 heteroatoms. The van der Waals surface area contributed by atoms with E-state index >= 15 is 0 Å². The monoisotopic (exact) mass is 535 g/mol. The van der Waals surface area contributed by atoms with E-state index in [1.54, 1.807) is 0 Å². The first kappa shape index (κ1) is 26.8. The smallest absolute Gasteiger partial charge is 0.573 e. The van der Waals surface area contributed by atoms with Crippen molar-refractivity contribution in [2.24, 2.45) is 5.73 Å². The maximum absolute atomic E-state index is 14.9. The minimum atomic E-state index is -5.25. The molecule has 0 aliphatic rings. The Kier molecular flexibility index (Phi) is 7.04. The van der Waals surface area contributed by atoms with Crippen molar-refractivity contribution < 1.29 is 59.6 Å². The molecule has 0 aliphatic heterocycles. The zero-order valence-electron chi connectivity index (χ0n) is 17.8. The lowest BCUT2D eigenvalue weighted by atomic mass is 10.1. The number of hydrogen-bond donors (Lipinski definition) is 3. The summed E-state index contributed by atoms with van der Waals surface area (Å²) in [6.45, 7) is 0. The standard InChI is InChI=1S/C21H12F7N3O6/c22-17-11(20(23,24)25)2-4-15(36-14-3-1-10(8-13(14)32)37-21(26,27)28)16(17)19(34)30-9-5-6-31(35)12(7-9)18(29)33/h1-8,32H,(H2,29,33)(H,30,34). The topological polar surface area (TPSA) is 138 Å². The number of anilines is 1. The fourth-order valence-corrected chi connectivity index (χ4v) is 2.91. The van der Waals surface area contributed by atoms with E-state index in [1.807, 2.05) is 5.32 Å². The molecule has 0 saturated carbocycles. The maximum atomic E-state index is 14.9. The Bertz CT molecular complexity index is 1380. The van der Waals surface area contributed by atoms with Gasteiger partial charge >= 0.3 is 18.4 Å². The van der Waals surface area contributed by atoms with E-state index in [1.165, 1.54) is 0 Å². The predicted molar refractivity (Wildman–Crippen MR) is 108 cm³/mol. The van der Waals surface area contributed by atoms with E-state index in [-0.39, 0.29) is 16.5 Å². The summed E-state index contributed by atoms with van der Waals surface area (Å²) in [5.41, 5.74) is 0.810. The number of carbonyl (C=O) groups excluding carboxylic acids is 2. The van der Waals surface area contributed by atoms with Gasteiger partial charge in [0.2, 0.25) is 0 Å². The number of rotatable bonds is 6. The van der Waals surface area contributed by atoms with Crippen molar-refractivity contribution in [3.05, 3.63) is 76.5 Å². The molecule has 1 aromatic heterocycles. The van der Waals surface area contributed by atoms with Crippen LogP contribution in [-0.2, 0) is 6.18 Å². The van der Waals surface area contributed by atoms with Crippen LogP contribution in [0, 0.1) is 11.0 Å². The zero-order valence-corrected chi connectivity index (χ0v) is 17.8. The molecule has 4 N–H and O–H groups in total. The molecule has 0 fully saturated rings. The average Bonchev–Trinajstić information content (AvgIpc) is 2.74. The van der Waals surface area contributed by atoms with Gasteiger partial charge in [-0.2, -0.15) is 17.9 Å². The number of aromatic nitrogens is 1. The summed E-state index contributed by atoms with van der Waals surface area (Å²) in [6, 6.07) is 4.31. The van der Waals surface area contributed by atoms with Gasteiger partial charge in [0.1, 0.15) is 17.1 Å². The Balaban J connectivity index is 2.04. The number of phenols is 1. The van der Waals surface area contributed by atoms with Crippen molar-refractivity contribution in [1.82, 2.24) is 0 Å². The van der Waals surface area contributed by atoms with Crippen molar-refractivity contribution in [3.63, 3.8) is 0 Å². The summed E-state index contributed by atoms with van der Waals surface area (Å²) in [7, 11) is 0. The van der Waals surface area contributed by atoms with Crippen LogP contribution >= 0.6 is 0 Å². The van der Waals surface area contributed by atoms with Gasteiger partial charge in [-0.25, -0.2) is 4.39 Å². The summed E-state index contributed by atoms with van der Waals surface area (Å²) in [4.78, 5) is 24.1. The van der Waals surface area contributed by atoms with E-state index < -0.39 is 70.0 Å². The number of pyridine rings is 1. The van der Waals surface area contributed by atoms with Crippen LogP contribution in [-0.4, -0.2) is 23.3 Å². The third kappa shape index (κ3) is 6.28. The highest BCUT2D eigenvalue weighted by molar-refractivity contribution is 6.07. The fraction of sp³-hybridized carbons (Fsp3) is 0.0952. The van der Waals surface area contributed by atoms with Crippen LogP contribution in [0.2, 0.25) is 0 Å². The van der Waals surface area contributed by atoms with Crippen LogP contribution in [0.15, 0.2) is 48.7 Å². The first-order chi connectivity index (χ1) is 17.1. The number of carbonyl (C=O) groups is 2. The van der Waals surface area contributed by atoms with Gasteiger partial charge in [0.05, 0.1) is 11.3 Å². The molecule has 3 rings (SSSR count). The number of aromatic hydroxyl groups is 1. The number of phenolic OH excluding ortho intramolecular Hbond substituents is 1. The highest BCUT2D eigenvalue weighted by atomic mass is 19.4. The van der Waals surface area contributed by atoms with E-state index in [9.17, 15) is 50.6 Å². The summed E-state index contributed by atoms with van der Waals surface area (Å²) < 4.78 is 101. The van der Waals surface area contributed by atoms with Crippen LogP contribution in [0.3, 0.4) is 0 Å². The molecule has 196 valence electrons. The Morgan fingerprint density at radius 3 is 2.22 bits per heavy atom. The van der Waals surface area contributed by atoms with Crippen LogP contribution in [0.25, 0.3) is 0 Å². The number of primary amides is 1. The van der Waals surface area contributed by atoms with Gasteiger partial charge in [-0.05, 0) is 24.3 Å². The van der Waals surface area contributed by atoms with Crippen molar-refractivity contribution in [2.45, 2.75) is 12.5 Å². The third-order valence-corrected chi connectivity index (χ3v) is 4.45. The van der Waals surface area contributed by atoms with E-state index in [0.717, 1.165) is 24.4 Å². The number of nitrogens with one attached hydrogen (secondary N) is 1. The van der Waals surface area contributed by atoms with Gasteiger partial charge in [-0.1, -0.05) is 0 Å². The lowest BCUT2D eigenvalue weighted by Gasteiger charge is -2.17. The van der Waals surface area contributed by atoms with E-state index in [4.69, 9.17) is 10.5 Å². The van der Waals surface area contributed by atoms with E-state index in [2.05, 4.69) is 4.74 Å². The van der Waals surface area contributed by atoms with Gasteiger partial charge in [-0.3, -0.25) is 9.59 Å². The van der Waals surface area contributed by atoms with Crippen LogP contribution in [0.4, 0.5) is 36.4 Å². The van der Waals surface area contributed by atoms with Crippen molar-refractivity contribution >= 4 is 17.5 Å². The van der Waals surface area contributed by atoms with Gasteiger partial charge in [0, 0.05) is 18.2 Å². The van der Waals surface area contributed by atoms with Crippen molar-refractivity contribution in [1.29, 1.82) is 0 Å². The predicted octanol–water partition coefficient (Wildman–Crippen LogP) is 4.23. The largest absolute Gasteiger partial charge is 0.618 e.